The van der Waals surface area contributed by atoms with E-state index in [0.717, 1.165) is 95.1 Å². The van der Waals surface area contributed by atoms with Gasteiger partial charge >= 0.3 is 0 Å². The van der Waals surface area contributed by atoms with E-state index in [1.165, 1.54) is 0 Å². The summed E-state index contributed by atoms with van der Waals surface area (Å²) in [5.74, 6) is 0.765. The molecule has 5 heteroatoms. The SMILES string of the molecule is C=CCOc1cccc(-c2c3nc(c(-c4ccccc4)c4ccc([nH]4)c(-c4ccccc4)c4nc(c(-c5ccccc5)c5ccc2[nH]5)C=C4)C=C3)c1. The Morgan fingerprint density at radius 1 is 0.442 bits per heavy atom. The first-order chi connectivity index (χ1) is 25.7. The molecule has 7 aromatic rings. The molecule has 0 radical (unpaired) electrons. The summed E-state index contributed by atoms with van der Waals surface area (Å²) in [5.41, 5.74) is 15.6. The minimum Gasteiger partial charge on any atom is -0.490 e. The zero-order valence-corrected chi connectivity index (χ0v) is 28.4. The topological polar surface area (TPSA) is 66.6 Å². The second kappa shape index (κ2) is 13.4. The van der Waals surface area contributed by atoms with Crippen molar-refractivity contribution in [1.29, 1.82) is 0 Å². The molecule has 4 aromatic carbocycles. The number of hydrogen-bond acceptors (Lipinski definition) is 3. The number of fused-ring (bicyclic) bond motifs is 8. The number of rotatable bonds is 7. The molecule has 248 valence electrons. The maximum absolute atomic E-state index is 5.99. The van der Waals surface area contributed by atoms with E-state index in [-0.39, 0.29) is 0 Å². The van der Waals surface area contributed by atoms with Crippen molar-refractivity contribution in [2.45, 2.75) is 0 Å². The number of aromatic nitrogens is 4. The van der Waals surface area contributed by atoms with Gasteiger partial charge in [-0.2, -0.15) is 0 Å². The molecular weight excluding hydrogens is 637 g/mol. The third kappa shape index (κ3) is 5.74. The lowest BCUT2D eigenvalue weighted by atomic mass is 10.0. The highest BCUT2D eigenvalue weighted by molar-refractivity contribution is 5.99. The van der Waals surface area contributed by atoms with Gasteiger partial charge in [0.1, 0.15) is 12.4 Å². The molecule has 0 atom stereocenters. The molecule has 2 N–H and O–H groups in total. The Bertz CT molecular complexity index is 2650. The molecule has 5 heterocycles. The van der Waals surface area contributed by atoms with E-state index in [9.17, 15) is 0 Å². The van der Waals surface area contributed by atoms with E-state index >= 15 is 0 Å². The zero-order valence-electron chi connectivity index (χ0n) is 28.4. The maximum Gasteiger partial charge on any atom is 0.120 e. The average molecular weight is 671 g/mol. The van der Waals surface area contributed by atoms with E-state index < -0.39 is 0 Å². The van der Waals surface area contributed by atoms with Gasteiger partial charge in [0, 0.05) is 44.3 Å². The van der Waals surface area contributed by atoms with Crippen LogP contribution in [0, 0.1) is 0 Å². The lowest BCUT2D eigenvalue weighted by Gasteiger charge is -2.08. The van der Waals surface area contributed by atoms with Gasteiger partial charge in [-0.15, -0.1) is 0 Å². The zero-order chi connectivity index (χ0) is 34.9. The molecule has 2 aliphatic rings. The number of benzene rings is 4. The summed E-state index contributed by atoms with van der Waals surface area (Å²) < 4.78 is 5.99. The van der Waals surface area contributed by atoms with Crippen molar-refractivity contribution in [2.24, 2.45) is 0 Å². The van der Waals surface area contributed by atoms with Gasteiger partial charge in [-0.05, 0) is 83.0 Å². The molecule has 0 saturated carbocycles. The second-order valence-corrected chi connectivity index (χ2v) is 12.7. The van der Waals surface area contributed by atoms with Gasteiger partial charge < -0.3 is 14.7 Å². The number of aromatic amines is 2. The van der Waals surface area contributed by atoms with Crippen LogP contribution in [0.5, 0.6) is 5.75 Å². The van der Waals surface area contributed by atoms with Crippen molar-refractivity contribution in [2.75, 3.05) is 6.61 Å². The first-order valence-electron chi connectivity index (χ1n) is 17.4. The Kier molecular flexibility index (Phi) is 7.99. The second-order valence-electron chi connectivity index (χ2n) is 12.7. The van der Waals surface area contributed by atoms with Crippen LogP contribution in [0.2, 0.25) is 0 Å². The standard InChI is InChI=1S/C47H34N4O/c1-2-29-52-35-20-12-19-34(30-35)47-42-27-25-40(50-42)45(32-15-8-4-9-16-32)38-23-21-36(48-38)44(31-13-6-3-7-14-31)37-22-24-39(49-37)46(33-17-10-5-11-18-33)41-26-28-43(47)51-41/h2-28,30,48,51H,1,29H2. The van der Waals surface area contributed by atoms with Gasteiger partial charge in [0.25, 0.3) is 0 Å². The molecule has 0 spiro atoms. The van der Waals surface area contributed by atoms with E-state index in [2.05, 4.69) is 150 Å². The van der Waals surface area contributed by atoms with Crippen LogP contribution in [-0.2, 0) is 0 Å². The van der Waals surface area contributed by atoms with Gasteiger partial charge in [0.15, 0.2) is 0 Å². The summed E-state index contributed by atoms with van der Waals surface area (Å²) in [6.45, 7) is 4.25. The van der Waals surface area contributed by atoms with Crippen molar-refractivity contribution in [3.05, 3.63) is 175 Å². The summed E-state index contributed by atoms with van der Waals surface area (Å²) in [4.78, 5) is 18.4. The third-order valence-corrected chi connectivity index (χ3v) is 9.43. The smallest absolute Gasteiger partial charge is 0.120 e. The summed E-state index contributed by atoms with van der Waals surface area (Å²) in [5, 5.41) is 0. The van der Waals surface area contributed by atoms with Crippen LogP contribution >= 0.6 is 0 Å². The highest BCUT2D eigenvalue weighted by Crippen LogP contribution is 2.38. The van der Waals surface area contributed by atoms with E-state index in [1.807, 2.05) is 30.3 Å². The van der Waals surface area contributed by atoms with Crippen LogP contribution in [0.1, 0.15) is 22.8 Å². The van der Waals surface area contributed by atoms with Gasteiger partial charge in [-0.25, -0.2) is 9.97 Å². The Morgan fingerprint density at radius 3 is 1.19 bits per heavy atom. The Labute approximate surface area is 302 Å². The van der Waals surface area contributed by atoms with Gasteiger partial charge in [-0.3, -0.25) is 0 Å². The van der Waals surface area contributed by atoms with Crippen LogP contribution in [0.15, 0.2) is 152 Å². The van der Waals surface area contributed by atoms with Crippen LogP contribution < -0.4 is 4.74 Å². The summed E-state index contributed by atoms with van der Waals surface area (Å²) in [6.07, 6.45) is 10.2. The molecule has 0 aliphatic carbocycles. The minimum absolute atomic E-state index is 0.422. The van der Waals surface area contributed by atoms with E-state index in [1.54, 1.807) is 6.08 Å². The lowest BCUT2D eigenvalue weighted by Crippen LogP contribution is -1.93. The molecule has 9 rings (SSSR count). The summed E-state index contributed by atoms with van der Waals surface area (Å²) in [6, 6.07) is 48.1. The number of ether oxygens (including phenoxy) is 1. The largest absolute Gasteiger partial charge is 0.490 e. The Balaban J connectivity index is 1.45. The Hall–Kier alpha value is -6.98. The molecular formula is C47H34N4O. The third-order valence-electron chi connectivity index (χ3n) is 9.43. The predicted octanol–water partition coefficient (Wildman–Crippen LogP) is 11.9. The van der Waals surface area contributed by atoms with Crippen molar-refractivity contribution in [1.82, 2.24) is 19.9 Å². The average Bonchev–Trinajstić information content (AvgIpc) is 4.03. The number of hydrogen-bond donors (Lipinski definition) is 2. The highest BCUT2D eigenvalue weighted by atomic mass is 16.5. The first-order valence-corrected chi connectivity index (χ1v) is 17.4. The number of nitrogens with zero attached hydrogens (tertiary/aromatic N) is 2. The fraction of sp³-hybridized carbons (Fsp3) is 0.0213. The summed E-state index contributed by atoms with van der Waals surface area (Å²) >= 11 is 0. The monoisotopic (exact) mass is 670 g/mol. The van der Waals surface area contributed by atoms with Gasteiger partial charge in [0.05, 0.1) is 22.8 Å². The van der Waals surface area contributed by atoms with Gasteiger partial charge in [0.2, 0.25) is 0 Å². The van der Waals surface area contributed by atoms with E-state index in [0.29, 0.717) is 6.61 Å². The highest BCUT2D eigenvalue weighted by Gasteiger charge is 2.19. The molecule has 0 unspecified atom stereocenters. The normalized spacial score (nSPS) is 11.8. The molecule has 8 bridgehead atoms. The summed E-state index contributed by atoms with van der Waals surface area (Å²) in [7, 11) is 0. The molecule has 0 saturated heterocycles. The quantitative estimate of drug-likeness (QED) is 0.166. The molecule has 5 nitrogen and oxygen atoms in total. The molecule has 3 aromatic heterocycles. The predicted molar refractivity (Wildman–Crippen MR) is 216 cm³/mol. The lowest BCUT2D eigenvalue weighted by molar-refractivity contribution is 0.363. The van der Waals surface area contributed by atoms with Crippen LogP contribution in [-0.4, -0.2) is 26.5 Å². The van der Waals surface area contributed by atoms with E-state index in [4.69, 9.17) is 14.7 Å². The molecule has 0 fully saturated rings. The number of nitrogens with one attached hydrogen (secondary N) is 2. The van der Waals surface area contributed by atoms with Crippen LogP contribution in [0.4, 0.5) is 0 Å². The van der Waals surface area contributed by atoms with Crippen molar-refractivity contribution < 1.29 is 4.74 Å². The fourth-order valence-corrected chi connectivity index (χ4v) is 7.13. The van der Waals surface area contributed by atoms with Crippen LogP contribution in [0.3, 0.4) is 0 Å². The van der Waals surface area contributed by atoms with Gasteiger partial charge in [-0.1, -0.05) is 116 Å². The molecule has 2 aliphatic heterocycles. The van der Waals surface area contributed by atoms with Crippen molar-refractivity contribution >= 4 is 46.4 Å². The molecule has 52 heavy (non-hydrogen) atoms. The number of H-pyrrole nitrogens is 2. The van der Waals surface area contributed by atoms with Crippen molar-refractivity contribution in [3.8, 4) is 50.3 Å². The van der Waals surface area contributed by atoms with Crippen molar-refractivity contribution in [3.63, 3.8) is 0 Å². The first kappa shape index (κ1) is 31.0. The minimum atomic E-state index is 0.422. The van der Waals surface area contributed by atoms with Crippen LogP contribution in [0.25, 0.3) is 90.9 Å². The molecule has 0 amide bonds. The Morgan fingerprint density at radius 2 is 0.808 bits per heavy atom. The maximum atomic E-state index is 5.99. The fourth-order valence-electron chi connectivity index (χ4n) is 7.13.